The molecule has 0 saturated heterocycles. The maximum atomic E-state index is 5.60. The van der Waals surface area contributed by atoms with E-state index in [0.717, 1.165) is 18.0 Å². The molecule has 0 radical (unpaired) electrons. The van der Waals surface area contributed by atoms with Crippen LogP contribution in [0.3, 0.4) is 0 Å². The molecule has 1 aliphatic carbocycles. The van der Waals surface area contributed by atoms with Crippen molar-refractivity contribution in [3.8, 4) is 0 Å². The summed E-state index contributed by atoms with van der Waals surface area (Å²) < 4.78 is 0. The number of nitrogen functional groups attached to an aromatic ring is 1. The lowest BCUT2D eigenvalue weighted by Crippen LogP contribution is -2.17. The summed E-state index contributed by atoms with van der Waals surface area (Å²) in [6.45, 7) is 4.48. The normalized spacial score (nSPS) is 26.9. The molecule has 0 saturated carbocycles. The second-order valence-corrected chi connectivity index (χ2v) is 4.13. The quantitative estimate of drug-likeness (QED) is 0.656. The van der Waals surface area contributed by atoms with E-state index < -0.39 is 0 Å². The highest BCUT2D eigenvalue weighted by molar-refractivity contribution is 5.36. The Morgan fingerprint density at radius 3 is 2.92 bits per heavy atom. The van der Waals surface area contributed by atoms with E-state index in [1.165, 1.54) is 12.0 Å². The summed E-state index contributed by atoms with van der Waals surface area (Å²) in [6, 6.07) is 1.97. The van der Waals surface area contributed by atoms with Gasteiger partial charge in [-0.15, -0.1) is 5.10 Å². The minimum Gasteiger partial charge on any atom is -0.382 e. The highest BCUT2D eigenvalue weighted by atomic mass is 15.1. The largest absolute Gasteiger partial charge is 0.382 e. The topological polar surface area (TPSA) is 51.8 Å². The summed E-state index contributed by atoms with van der Waals surface area (Å²) in [7, 11) is 0. The van der Waals surface area contributed by atoms with Crippen LogP contribution in [0.2, 0.25) is 0 Å². The van der Waals surface area contributed by atoms with Gasteiger partial charge in [-0.2, -0.15) is 5.10 Å². The first-order valence-corrected chi connectivity index (χ1v) is 4.78. The van der Waals surface area contributed by atoms with Gasteiger partial charge in [-0.25, -0.2) is 0 Å². The number of hydrogen-bond acceptors (Lipinski definition) is 3. The fourth-order valence-corrected chi connectivity index (χ4v) is 2.21. The number of nitrogens with zero attached hydrogens (tertiary/aromatic N) is 2. The molecule has 1 aromatic heterocycles. The summed E-state index contributed by atoms with van der Waals surface area (Å²) in [5.74, 6) is 1.82. The van der Waals surface area contributed by atoms with Crippen molar-refractivity contribution in [2.75, 3.05) is 5.73 Å². The van der Waals surface area contributed by atoms with Crippen molar-refractivity contribution in [2.45, 2.75) is 32.6 Å². The summed E-state index contributed by atoms with van der Waals surface area (Å²) in [6.07, 6.45) is 2.31. The monoisotopic (exact) mass is 177 g/mol. The first-order chi connectivity index (χ1) is 6.16. The Labute approximate surface area is 78.4 Å². The van der Waals surface area contributed by atoms with E-state index in [-0.39, 0.29) is 0 Å². The van der Waals surface area contributed by atoms with E-state index in [1.807, 2.05) is 6.07 Å². The summed E-state index contributed by atoms with van der Waals surface area (Å²) >= 11 is 0. The van der Waals surface area contributed by atoms with Crippen LogP contribution >= 0.6 is 0 Å². The summed E-state index contributed by atoms with van der Waals surface area (Å²) in [4.78, 5) is 0. The number of anilines is 1. The zero-order valence-electron chi connectivity index (χ0n) is 8.12. The zero-order chi connectivity index (χ0) is 9.42. The first-order valence-electron chi connectivity index (χ1n) is 4.78. The molecule has 70 valence electrons. The van der Waals surface area contributed by atoms with Gasteiger partial charge in [0.2, 0.25) is 0 Å². The Morgan fingerprint density at radius 1 is 1.38 bits per heavy atom. The van der Waals surface area contributed by atoms with Crippen molar-refractivity contribution in [2.24, 2.45) is 5.92 Å². The van der Waals surface area contributed by atoms with E-state index in [1.54, 1.807) is 0 Å². The molecule has 0 spiro atoms. The smallest absolute Gasteiger partial charge is 0.146 e. The van der Waals surface area contributed by atoms with Crippen LogP contribution in [-0.4, -0.2) is 10.2 Å². The molecule has 0 bridgehead atoms. The second-order valence-electron chi connectivity index (χ2n) is 4.13. The second kappa shape index (κ2) is 2.98. The van der Waals surface area contributed by atoms with Crippen molar-refractivity contribution in [3.05, 3.63) is 17.3 Å². The van der Waals surface area contributed by atoms with Gasteiger partial charge in [0.05, 0.1) is 5.69 Å². The summed E-state index contributed by atoms with van der Waals surface area (Å²) in [5.41, 5.74) is 8.04. The number of rotatable bonds is 0. The lowest BCUT2D eigenvalue weighted by atomic mass is 9.82. The third kappa shape index (κ3) is 1.50. The molecule has 1 aliphatic rings. The number of nitrogens with two attached hydrogens (primary N) is 1. The van der Waals surface area contributed by atoms with Gasteiger partial charge >= 0.3 is 0 Å². The predicted molar refractivity (Wildman–Crippen MR) is 52.3 cm³/mol. The average molecular weight is 177 g/mol. The van der Waals surface area contributed by atoms with Gasteiger partial charge in [0.15, 0.2) is 0 Å². The van der Waals surface area contributed by atoms with E-state index in [4.69, 9.17) is 5.73 Å². The molecular weight excluding hydrogens is 162 g/mol. The van der Waals surface area contributed by atoms with Gasteiger partial charge in [-0.05, 0) is 30.4 Å². The number of fused-ring (bicyclic) bond motifs is 1. The van der Waals surface area contributed by atoms with Gasteiger partial charge in [0, 0.05) is 5.92 Å². The lowest BCUT2D eigenvalue weighted by Gasteiger charge is -2.25. The Bertz CT molecular complexity index is 322. The Morgan fingerprint density at radius 2 is 2.15 bits per heavy atom. The predicted octanol–water partition coefficient (Wildman–Crippen LogP) is 1.74. The molecule has 2 atom stereocenters. The van der Waals surface area contributed by atoms with E-state index in [9.17, 15) is 0 Å². The van der Waals surface area contributed by atoms with Crippen LogP contribution in [0.1, 0.15) is 37.4 Å². The maximum absolute atomic E-state index is 5.60. The molecule has 2 rings (SSSR count). The molecule has 3 heteroatoms. The highest BCUT2D eigenvalue weighted by Crippen LogP contribution is 2.32. The van der Waals surface area contributed by atoms with Crippen LogP contribution in [-0.2, 0) is 6.42 Å². The molecule has 3 nitrogen and oxygen atoms in total. The van der Waals surface area contributed by atoms with Crippen LogP contribution in [0.4, 0.5) is 5.82 Å². The zero-order valence-corrected chi connectivity index (χ0v) is 8.12. The molecule has 0 fully saturated rings. The Balaban J connectivity index is 2.43. The summed E-state index contributed by atoms with van der Waals surface area (Å²) in [5, 5.41) is 8.05. The maximum Gasteiger partial charge on any atom is 0.146 e. The molecule has 0 aliphatic heterocycles. The van der Waals surface area contributed by atoms with Gasteiger partial charge in [-0.1, -0.05) is 13.8 Å². The standard InChI is InChI=1S/C10H15N3/c1-6-3-7(2)10-8(4-6)5-9(11)12-13-10/h5-7H,3-4H2,1-2H3,(H2,11,12). The Kier molecular flexibility index (Phi) is 1.94. The molecule has 0 amide bonds. The SMILES string of the molecule is CC1Cc2cc(N)nnc2C(C)C1. The van der Waals surface area contributed by atoms with Crippen LogP contribution in [0, 0.1) is 5.92 Å². The fourth-order valence-electron chi connectivity index (χ4n) is 2.21. The van der Waals surface area contributed by atoms with Crippen LogP contribution in [0.15, 0.2) is 6.07 Å². The third-order valence-corrected chi connectivity index (χ3v) is 2.72. The van der Waals surface area contributed by atoms with Crippen molar-refractivity contribution >= 4 is 5.82 Å². The first kappa shape index (κ1) is 8.48. The van der Waals surface area contributed by atoms with Crippen LogP contribution in [0.5, 0.6) is 0 Å². The van der Waals surface area contributed by atoms with Crippen molar-refractivity contribution in [3.63, 3.8) is 0 Å². The molecule has 0 aromatic carbocycles. The highest BCUT2D eigenvalue weighted by Gasteiger charge is 2.23. The van der Waals surface area contributed by atoms with Gasteiger partial charge < -0.3 is 5.73 Å². The Hall–Kier alpha value is -1.12. The van der Waals surface area contributed by atoms with Crippen molar-refractivity contribution in [1.82, 2.24) is 10.2 Å². The number of hydrogen-bond donors (Lipinski definition) is 1. The van der Waals surface area contributed by atoms with E-state index in [0.29, 0.717) is 11.7 Å². The molecule has 1 aromatic rings. The third-order valence-electron chi connectivity index (χ3n) is 2.72. The van der Waals surface area contributed by atoms with Crippen LogP contribution < -0.4 is 5.73 Å². The lowest BCUT2D eigenvalue weighted by molar-refractivity contribution is 0.438. The van der Waals surface area contributed by atoms with Gasteiger partial charge in [-0.3, -0.25) is 0 Å². The minimum absolute atomic E-state index is 0.534. The van der Waals surface area contributed by atoms with E-state index >= 15 is 0 Å². The average Bonchev–Trinajstić information content (AvgIpc) is 2.02. The van der Waals surface area contributed by atoms with Crippen molar-refractivity contribution in [1.29, 1.82) is 0 Å². The number of aromatic nitrogens is 2. The molecule has 2 unspecified atom stereocenters. The van der Waals surface area contributed by atoms with Crippen molar-refractivity contribution < 1.29 is 0 Å². The van der Waals surface area contributed by atoms with Gasteiger partial charge in [0.1, 0.15) is 5.82 Å². The van der Waals surface area contributed by atoms with Gasteiger partial charge in [0.25, 0.3) is 0 Å². The van der Waals surface area contributed by atoms with E-state index in [2.05, 4.69) is 24.0 Å². The molecular formula is C10H15N3. The van der Waals surface area contributed by atoms with Crippen LogP contribution in [0.25, 0.3) is 0 Å². The molecule has 13 heavy (non-hydrogen) atoms. The fraction of sp³-hybridized carbons (Fsp3) is 0.600. The minimum atomic E-state index is 0.534. The molecule has 1 heterocycles. The molecule has 2 N–H and O–H groups in total.